The molecule has 0 atom stereocenters. The van der Waals surface area contributed by atoms with Gasteiger partial charge in [0.25, 0.3) is 5.56 Å². The van der Waals surface area contributed by atoms with Crippen LogP contribution in [0.3, 0.4) is 0 Å². The number of carboxylic acids is 1. The maximum absolute atomic E-state index is 11.7. The van der Waals surface area contributed by atoms with Crippen molar-refractivity contribution in [2.75, 3.05) is 5.32 Å². The molecule has 1 heterocycles. The van der Waals surface area contributed by atoms with Crippen molar-refractivity contribution in [3.8, 4) is 0 Å². The van der Waals surface area contributed by atoms with Gasteiger partial charge in [-0.15, -0.1) is 0 Å². The first-order chi connectivity index (χ1) is 11.6. The molecule has 5 nitrogen and oxygen atoms in total. The zero-order valence-corrected chi connectivity index (χ0v) is 12.8. The van der Waals surface area contributed by atoms with E-state index in [9.17, 15) is 9.59 Å². The Balaban J connectivity index is 1.73. The van der Waals surface area contributed by atoms with Crippen LogP contribution >= 0.6 is 0 Å². The molecule has 0 unspecified atom stereocenters. The molecule has 2 N–H and O–H groups in total. The normalized spacial score (nSPS) is 10.3. The lowest BCUT2D eigenvalue weighted by Gasteiger charge is -2.09. The highest BCUT2D eigenvalue weighted by molar-refractivity contribution is 5.89. The molecule has 0 amide bonds. The molecule has 0 aliphatic rings. The van der Waals surface area contributed by atoms with E-state index in [2.05, 4.69) is 5.32 Å². The van der Waals surface area contributed by atoms with Crippen LogP contribution in [0.15, 0.2) is 77.7 Å². The molecule has 3 aromatic rings. The Kier molecular flexibility index (Phi) is 4.43. The number of rotatable bonds is 5. The predicted octanol–water partition coefficient (Wildman–Crippen LogP) is 3.34. The monoisotopic (exact) mass is 320 g/mol. The van der Waals surface area contributed by atoms with Gasteiger partial charge in [0.05, 0.1) is 12.1 Å². The summed E-state index contributed by atoms with van der Waals surface area (Å²) in [5.74, 6) is -0.956. The van der Waals surface area contributed by atoms with Gasteiger partial charge in [0.1, 0.15) is 0 Å². The number of benzene rings is 2. The molecule has 0 aliphatic heterocycles. The number of hydrogen-bond donors (Lipinski definition) is 2. The van der Waals surface area contributed by atoms with E-state index < -0.39 is 5.97 Å². The van der Waals surface area contributed by atoms with Crippen LogP contribution in [-0.4, -0.2) is 15.6 Å². The van der Waals surface area contributed by atoms with Crippen molar-refractivity contribution < 1.29 is 9.90 Å². The third kappa shape index (κ3) is 3.70. The Morgan fingerprint density at radius 2 is 1.75 bits per heavy atom. The summed E-state index contributed by atoms with van der Waals surface area (Å²) in [6.07, 6.45) is 1.76. The molecule has 0 fully saturated rings. The lowest BCUT2D eigenvalue weighted by Crippen LogP contribution is -2.18. The van der Waals surface area contributed by atoms with E-state index in [4.69, 9.17) is 5.11 Å². The second-order valence-electron chi connectivity index (χ2n) is 5.37. The highest BCUT2D eigenvalue weighted by Crippen LogP contribution is 2.18. The second-order valence-corrected chi connectivity index (χ2v) is 5.37. The number of anilines is 2. The summed E-state index contributed by atoms with van der Waals surface area (Å²) in [6.45, 7) is 0.508. The van der Waals surface area contributed by atoms with E-state index in [1.54, 1.807) is 35.0 Å². The summed E-state index contributed by atoms with van der Waals surface area (Å²) in [4.78, 5) is 22.7. The highest BCUT2D eigenvalue weighted by atomic mass is 16.4. The SMILES string of the molecule is O=C(O)c1cccc(Nc2ccc(Cn3ccccc3=O)cc2)c1. The average Bonchev–Trinajstić information content (AvgIpc) is 2.59. The molecular weight excluding hydrogens is 304 g/mol. The number of nitrogens with zero attached hydrogens (tertiary/aromatic N) is 1. The first kappa shape index (κ1) is 15.6. The number of nitrogens with one attached hydrogen (secondary N) is 1. The molecule has 2 aromatic carbocycles. The first-order valence-electron chi connectivity index (χ1n) is 7.46. The fourth-order valence-corrected chi connectivity index (χ4v) is 2.38. The lowest BCUT2D eigenvalue weighted by atomic mass is 10.1. The highest BCUT2D eigenvalue weighted by Gasteiger charge is 2.03. The molecule has 5 heteroatoms. The molecule has 0 bridgehead atoms. The summed E-state index contributed by atoms with van der Waals surface area (Å²) >= 11 is 0. The zero-order valence-electron chi connectivity index (χ0n) is 12.8. The summed E-state index contributed by atoms with van der Waals surface area (Å²) < 4.78 is 1.64. The average molecular weight is 320 g/mol. The van der Waals surface area contributed by atoms with Crippen molar-refractivity contribution in [3.63, 3.8) is 0 Å². The third-order valence-corrected chi connectivity index (χ3v) is 3.60. The molecule has 0 spiro atoms. The van der Waals surface area contributed by atoms with Crippen LogP contribution in [0.1, 0.15) is 15.9 Å². The molecule has 3 rings (SSSR count). The number of carboxylic acid groups (broad SMARTS) is 1. The fourth-order valence-electron chi connectivity index (χ4n) is 2.38. The molecule has 1 aromatic heterocycles. The van der Waals surface area contributed by atoms with Crippen LogP contribution in [0, 0.1) is 0 Å². The van der Waals surface area contributed by atoms with Gasteiger partial charge in [0.15, 0.2) is 0 Å². The van der Waals surface area contributed by atoms with Gasteiger partial charge in [-0.2, -0.15) is 0 Å². The fraction of sp³-hybridized carbons (Fsp3) is 0.0526. The van der Waals surface area contributed by atoms with Gasteiger partial charge in [0, 0.05) is 23.6 Å². The van der Waals surface area contributed by atoms with Crippen molar-refractivity contribution in [3.05, 3.63) is 94.4 Å². The predicted molar refractivity (Wildman–Crippen MR) is 92.9 cm³/mol. The van der Waals surface area contributed by atoms with Crippen molar-refractivity contribution in [2.24, 2.45) is 0 Å². The van der Waals surface area contributed by atoms with Crippen LogP contribution in [0.5, 0.6) is 0 Å². The number of pyridine rings is 1. The zero-order chi connectivity index (χ0) is 16.9. The van der Waals surface area contributed by atoms with Crippen LogP contribution in [0.2, 0.25) is 0 Å². The Morgan fingerprint density at radius 1 is 0.958 bits per heavy atom. The Morgan fingerprint density at radius 3 is 2.46 bits per heavy atom. The Bertz CT molecular complexity index is 914. The maximum atomic E-state index is 11.7. The number of aromatic nitrogens is 1. The van der Waals surface area contributed by atoms with Gasteiger partial charge < -0.3 is 15.0 Å². The van der Waals surface area contributed by atoms with Crippen molar-refractivity contribution in [2.45, 2.75) is 6.54 Å². The van der Waals surface area contributed by atoms with E-state index in [0.717, 1.165) is 11.3 Å². The van der Waals surface area contributed by atoms with E-state index >= 15 is 0 Å². The molecule has 120 valence electrons. The smallest absolute Gasteiger partial charge is 0.335 e. The van der Waals surface area contributed by atoms with Gasteiger partial charge in [-0.05, 0) is 42.0 Å². The minimum Gasteiger partial charge on any atom is -0.478 e. The Labute approximate surface area is 138 Å². The minimum atomic E-state index is -0.956. The molecule has 0 saturated carbocycles. The van der Waals surface area contributed by atoms with E-state index in [-0.39, 0.29) is 11.1 Å². The lowest BCUT2D eigenvalue weighted by molar-refractivity contribution is 0.0697. The molecule has 0 saturated heterocycles. The van der Waals surface area contributed by atoms with E-state index in [1.165, 1.54) is 6.07 Å². The van der Waals surface area contributed by atoms with Crippen molar-refractivity contribution >= 4 is 17.3 Å². The third-order valence-electron chi connectivity index (χ3n) is 3.60. The van der Waals surface area contributed by atoms with Crippen LogP contribution in [-0.2, 0) is 6.54 Å². The van der Waals surface area contributed by atoms with Crippen LogP contribution < -0.4 is 10.9 Å². The summed E-state index contributed by atoms with van der Waals surface area (Å²) in [5, 5.41) is 12.2. The van der Waals surface area contributed by atoms with Crippen molar-refractivity contribution in [1.29, 1.82) is 0 Å². The van der Waals surface area contributed by atoms with Crippen molar-refractivity contribution in [1.82, 2.24) is 4.57 Å². The van der Waals surface area contributed by atoms with Gasteiger partial charge >= 0.3 is 5.97 Å². The number of hydrogen-bond acceptors (Lipinski definition) is 3. The topological polar surface area (TPSA) is 71.3 Å². The Hall–Kier alpha value is -3.34. The standard InChI is InChI=1S/C19H16N2O3/c22-18-6-1-2-11-21(18)13-14-7-9-16(10-8-14)20-17-5-3-4-15(12-17)19(23)24/h1-12,20H,13H2,(H,23,24). The minimum absolute atomic E-state index is 0.0369. The molecule has 0 radical (unpaired) electrons. The summed E-state index contributed by atoms with van der Waals surface area (Å²) in [5.41, 5.74) is 2.77. The van der Waals surface area contributed by atoms with Gasteiger partial charge in [-0.1, -0.05) is 24.3 Å². The molecular formula is C19H16N2O3. The second kappa shape index (κ2) is 6.83. The van der Waals surface area contributed by atoms with Gasteiger partial charge in [-0.3, -0.25) is 4.79 Å². The number of aromatic carboxylic acids is 1. The molecule has 24 heavy (non-hydrogen) atoms. The van der Waals surface area contributed by atoms with Gasteiger partial charge in [-0.25, -0.2) is 4.79 Å². The van der Waals surface area contributed by atoms with Gasteiger partial charge in [0.2, 0.25) is 0 Å². The van der Waals surface area contributed by atoms with Crippen LogP contribution in [0.25, 0.3) is 0 Å². The van der Waals surface area contributed by atoms with E-state index in [0.29, 0.717) is 12.2 Å². The van der Waals surface area contributed by atoms with Crippen LogP contribution in [0.4, 0.5) is 11.4 Å². The summed E-state index contributed by atoms with van der Waals surface area (Å²) in [6, 6.07) is 19.4. The van der Waals surface area contributed by atoms with E-state index in [1.807, 2.05) is 36.4 Å². The maximum Gasteiger partial charge on any atom is 0.335 e. The molecule has 0 aliphatic carbocycles. The quantitative estimate of drug-likeness (QED) is 0.756. The largest absolute Gasteiger partial charge is 0.478 e. The summed E-state index contributed by atoms with van der Waals surface area (Å²) in [7, 11) is 0. The number of carbonyl (C=O) groups is 1. The first-order valence-corrected chi connectivity index (χ1v) is 7.46.